The smallest absolute Gasteiger partial charge is 0.265 e. The predicted octanol–water partition coefficient (Wildman–Crippen LogP) is 4.18. The van der Waals surface area contributed by atoms with E-state index >= 15 is 0 Å². The van der Waals surface area contributed by atoms with E-state index in [9.17, 15) is 9.59 Å². The van der Waals surface area contributed by atoms with Crippen LogP contribution >= 0.6 is 0 Å². The van der Waals surface area contributed by atoms with Crippen molar-refractivity contribution < 1.29 is 14.3 Å². The lowest BCUT2D eigenvalue weighted by Crippen LogP contribution is -2.41. The van der Waals surface area contributed by atoms with Crippen molar-refractivity contribution in [1.29, 1.82) is 0 Å². The van der Waals surface area contributed by atoms with Crippen molar-refractivity contribution in [3.63, 3.8) is 0 Å². The molecule has 1 atom stereocenters. The molecule has 0 heterocycles. The van der Waals surface area contributed by atoms with Gasteiger partial charge in [0, 0.05) is 5.54 Å². The van der Waals surface area contributed by atoms with Gasteiger partial charge in [0.2, 0.25) is 0 Å². The van der Waals surface area contributed by atoms with Gasteiger partial charge in [-0.1, -0.05) is 31.2 Å². The van der Waals surface area contributed by atoms with Gasteiger partial charge in [-0.05, 0) is 63.9 Å². The number of carbonyl (C=O) groups excluding carboxylic acids is 2. The highest BCUT2D eigenvalue weighted by atomic mass is 16.5. The molecule has 27 heavy (non-hydrogen) atoms. The van der Waals surface area contributed by atoms with Crippen molar-refractivity contribution in [3.8, 4) is 5.75 Å². The number of para-hydroxylation sites is 1. The second-order valence-corrected chi connectivity index (χ2v) is 7.50. The molecule has 0 bridgehead atoms. The summed E-state index contributed by atoms with van der Waals surface area (Å²) in [5.41, 5.74) is 1.72. The maximum absolute atomic E-state index is 12.5. The third kappa shape index (κ3) is 6.13. The van der Waals surface area contributed by atoms with E-state index in [0.29, 0.717) is 17.0 Å². The lowest BCUT2D eigenvalue weighted by Gasteiger charge is -2.22. The number of hydrogen-bond donors (Lipinski definition) is 2. The molecule has 0 aliphatic carbocycles. The van der Waals surface area contributed by atoms with E-state index in [-0.39, 0.29) is 17.4 Å². The summed E-state index contributed by atoms with van der Waals surface area (Å²) in [4.78, 5) is 25.0. The zero-order valence-corrected chi connectivity index (χ0v) is 16.6. The molecule has 2 N–H and O–H groups in total. The first-order valence-corrected chi connectivity index (χ1v) is 9.17. The number of amides is 2. The maximum Gasteiger partial charge on any atom is 0.265 e. The molecule has 0 saturated carbocycles. The van der Waals surface area contributed by atoms with Crippen LogP contribution in [0.1, 0.15) is 50.5 Å². The van der Waals surface area contributed by atoms with Crippen LogP contribution in [0.15, 0.2) is 48.5 Å². The lowest BCUT2D eigenvalue weighted by atomic mass is 10.1. The van der Waals surface area contributed by atoms with Gasteiger partial charge in [0.15, 0.2) is 6.10 Å². The van der Waals surface area contributed by atoms with E-state index in [0.717, 1.165) is 6.42 Å². The quantitative estimate of drug-likeness (QED) is 0.804. The molecule has 2 amide bonds. The normalized spacial score (nSPS) is 12.2. The lowest BCUT2D eigenvalue weighted by molar-refractivity contribution is -0.122. The van der Waals surface area contributed by atoms with Crippen LogP contribution in [0.2, 0.25) is 0 Å². The SMILES string of the molecule is CCc1ccc(OC(C)C(=O)Nc2ccccc2C(=O)NC(C)(C)C)cc1. The number of nitrogens with one attached hydrogen (secondary N) is 2. The predicted molar refractivity (Wildman–Crippen MR) is 108 cm³/mol. The standard InChI is InChI=1S/C22H28N2O3/c1-6-16-11-13-17(14-12-16)27-15(2)20(25)23-19-10-8-7-9-18(19)21(26)24-22(3,4)5/h7-15H,6H2,1-5H3,(H,23,25)(H,24,26). The molecular formula is C22H28N2O3. The summed E-state index contributed by atoms with van der Waals surface area (Å²) in [6.45, 7) is 9.49. The summed E-state index contributed by atoms with van der Waals surface area (Å²) in [5.74, 6) is 0.0845. The van der Waals surface area contributed by atoms with E-state index < -0.39 is 6.10 Å². The Kier molecular flexibility index (Phi) is 6.61. The number of carbonyl (C=O) groups is 2. The fourth-order valence-electron chi connectivity index (χ4n) is 2.49. The minimum Gasteiger partial charge on any atom is -0.481 e. The summed E-state index contributed by atoms with van der Waals surface area (Å²) in [6.07, 6.45) is 0.250. The van der Waals surface area contributed by atoms with Gasteiger partial charge in [-0.25, -0.2) is 0 Å². The monoisotopic (exact) mass is 368 g/mol. The van der Waals surface area contributed by atoms with E-state index in [1.54, 1.807) is 31.2 Å². The molecular weight excluding hydrogens is 340 g/mol. The highest BCUT2D eigenvalue weighted by molar-refractivity contribution is 6.04. The van der Waals surface area contributed by atoms with Crippen LogP contribution in [0, 0.1) is 0 Å². The van der Waals surface area contributed by atoms with Crippen molar-refractivity contribution in [3.05, 3.63) is 59.7 Å². The fourth-order valence-corrected chi connectivity index (χ4v) is 2.49. The van der Waals surface area contributed by atoms with Crippen LogP contribution in [0.4, 0.5) is 5.69 Å². The zero-order valence-electron chi connectivity index (χ0n) is 16.6. The van der Waals surface area contributed by atoms with Gasteiger partial charge in [-0.15, -0.1) is 0 Å². The molecule has 2 rings (SSSR count). The summed E-state index contributed by atoms with van der Waals surface area (Å²) >= 11 is 0. The first kappa shape index (κ1) is 20.5. The van der Waals surface area contributed by atoms with Crippen LogP contribution in [0.5, 0.6) is 5.75 Å². The van der Waals surface area contributed by atoms with E-state index in [1.807, 2.05) is 45.0 Å². The number of rotatable bonds is 6. The van der Waals surface area contributed by atoms with Gasteiger partial charge in [-0.3, -0.25) is 9.59 Å². The summed E-state index contributed by atoms with van der Waals surface area (Å²) < 4.78 is 5.72. The van der Waals surface area contributed by atoms with Gasteiger partial charge in [-0.2, -0.15) is 0 Å². The van der Waals surface area contributed by atoms with E-state index in [4.69, 9.17) is 4.74 Å². The van der Waals surface area contributed by atoms with Crippen molar-refractivity contribution in [1.82, 2.24) is 5.32 Å². The molecule has 0 radical (unpaired) electrons. The Hall–Kier alpha value is -2.82. The molecule has 0 aromatic heterocycles. The van der Waals surface area contributed by atoms with Crippen LogP contribution < -0.4 is 15.4 Å². The Labute approximate surface area is 161 Å². The topological polar surface area (TPSA) is 67.4 Å². The van der Waals surface area contributed by atoms with Gasteiger partial charge in [0.25, 0.3) is 11.8 Å². The molecule has 0 aliphatic rings. The first-order valence-electron chi connectivity index (χ1n) is 9.17. The Bertz CT molecular complexity index is 792. The average molecular weight is 368 g/mol. The number of hydrogen-bond acceptors (Lipinski definition) is 3. The average Bonchev–Trinajstić information content (AvgIpc) is 2.61. The highest BCUT2D eigenvalue weighted by Gasteiger charge is 2.21. The summed E-state index contributed by atoms with van der Waals surface area (Å²) in [7, 11) is 0. The molecule has 5 nitrogen and oxygen atoms in total. The molecule has 5 heteroatoms. The largest absolute Gasteiger partial charge is 0.481 e. The van der Waals surface area contributed by atoms with Crippen LogP contribution in [-0.2, 0) is 11.2 Å². The second-order valence-electron chi connectivity index (χ2n) is 7.50. The maximum atomic E-state index is 12.5. The fraction of sp³-hybridized carbons (Fsp3) is 0.364. The summed E-state index contributed by atoms with van der Waals surface area (Å²) in [5, 5.41) is 5.70. The zero-order chi connectivity index (χ0) is 20.0. The number of aryl methyl sites for hydroxylation is 1. The number of anilines is 1. The summed E-state index contributed by atoms with van der Waals surface area (Å²) in [6, 6.07) is 14.6. The molecule has 0 fully saturated rings. The van der Waals surface area contributed by atoms with Crippen molar-refractivity contribution >= 4 is 17.5 Å². The molecule has 2 aromatic carbocycles. The third-order valence-corrected chi connectivity index (χ3v) is 3.93. The van der Waals surface area contributed by atoms with Gasteiger partial charge in [0.05, 0.1) is 11.3 Å². The molecule has 0 aliphatic heterocycles. The van der Waals surface area contributed by atoms with E-state index in [1.165, 1.54) is 5.56 Å². The molecule has 1 unspecified atom stereocenters. The Balaban J connectivity index is 2.07. The van der Waals surface area contributed by atoms with E-state index in [2.05, 4.69) is 17.6 Å². The Morgan fingerprint density at radius 2 is 1.67 bits per heavy atom. The van der Waals surface area contributed by atoms with Crippen LogP contribution in [0.25, 0.3) is 0 Å². The number of benzene rings is 2. The van der Waals surface area contributed by atoms with Crippen molar-refractivity contribution in [2.24, 2.45) is 0 Å². The van der Waals surface area contributed by atoms with Crippen LogP contribution in [-0.4, -0.2) is 23.5 Å². The third-order valence-electron chi connectivity index (χ3n) is 3.93. The minimum absolute atomic E-state index is 0.234. The molecule has 2 aromatic rings. The molecule has 144 valence electrons. The Morgan fingerprint density at radius 3 is 2.26 bits per heavy atom. The second kappa shape index (κ2) is 8.71. The molecule has 0 saturated heterocycles. The highest BCUT2D eigenvalue weighted by Crippen LogP contribution is 2.18. The molecule has 0 spiro atoms. The number of ether oxygens (including phenoxy) is 1. The minimum atomic E-state index is -0.698. The first-order chi connectivity index (χ1) is 12.7. The van der Waals surface area contributed by atoms with Gasteiger partial charge < -0.3 is 15.4 Å². The van der Waals surface area contributed by atoms with Crippen molar-refractivity contribution in [2.45, 2.75) is 52.7 Å². The van der Waals surface area contributed by atoms with Gasteiger partial charge >= 0.3 is 0 Å². The Morgan fingerprint density at radius 1 is 1.04 bits per heavy atom. The van der Waals surface area contributed by atoms with Gasteiger partial charge in [0.1, 0.15) is 5.75 Å². The van der Waals surface area contributed by atoms with Crippen LogP contribution in [0.3, 0.4) is 0 Å². The van der Waals surface area contributed by atoms with Crippen molar-refractivity contribution in [2.75, 3.05) is 5.32 Å².